The van der Waals surface area contributed by atoms with Gasteiger partial charge in [-0.3, -0.25) is 9.78 Å². The Labute approximate surface area is 192 Å². The molecule has 2 heterocycles. The molecular weight excluding hydrogens is 422 g/mol. The fraction of sp³-hybridized carbons (Fsp3) is 0.320. The van der Waals surface area contributed by atoms with Crippen LogP contribution in [0.5, 0.6) is 23.0 Å². The maximum Gasteiger partial charge on any atom is 0.255 e. The summed E-state index contributed by atoms with van der Waals surface area (Å²) in [5.41, 5.74) is 5.08. The van der Waals surface area contributed by atoms with E-state index in [9.17, 15) is 4.79 Å². The first-order valence-corrected chi connectivity index (χ1v) is 10.6. The van der Waals surface area contributed by atoms with E-state index in [1.54, 1.807) is 18.3 Å². The lowest BCUT2D eigenvalue weighted by atomic mass is 10.0. The van der Waals surface area contributed by atoms with Crippen molar-refractivity contribution < 1.29 is 23.7 Å². The van der Waals surface area contributed by atoms with Crippen molar-refractivity contribution in [2.75, 3.05) is 27.9 Å². The Morgan fingerprint density at radius 2 is 1.88 bits per heavy atom. The molecule has 8 nitrogen and oxygen atoms in total. The van der Waals surface area contributed by atoms with E-state index in [2.05, 4.69) is 21.4 Å². The molecule has 1 amide bonds. The number of amides is 1. The molecule has 172 valence electrons. The molecule has 3 aromatic rings. The summed E-state index contributed by atoms with van der Waals surface area (Å²) in [6.45, 7) is 4.23. The number of nitrogens with zero attached hydrogens (tertiary/aromatic N) is 2. The van der Waals surface area contributed by atoms with Crippen LogP contribution in [0.4, 0.5) is 0 Å². The number of hydrogen-bond acceptors (Lipinski definition) is 7. The van der Waals surface area contributed by atoms with E-state index in [1.165, 1.54) is 21.3 Å². The molecule has 1 aliphatic rings. The number of aromatic nitrogens is 2. The zero-order chi connectivity index (χ0) is 23.5. The van der Waals surface area contributed by atoms with Gasteiger partial charge in [0, 0.05) is 18.2 Å². The summed E-state index contributed by atoms with van der Waals surface area (Å²) in [7, 11) is 4.52. The lowest BCUT2D eigenvalue weighted by Gasteiger charge is -2.16. The number of ether oxygens (including phenoxy) is 4. The first-order valence-electron chi connectivity index (χ1n) is 10.6. The molecule has 0 spiro atoms. The van der Waals surface area contributed by atoms with Crippen molar-refractivity contribution in [1.29, 1.82) is 0 Å². The molecule has 0 bridgehead atoms. The fourth-order valence-electron chi connectivity index (χ4n) is 3.97. The average Bonchev–Trinajstić information content (AvgIpc) is 3.25. The van der Waals surface area contributed by atoms with Gasteiger partial charge in [0.15, 0.2) is 11.5 Å². The van der Waals surface area contributed by atoms with Gasteiger partial charge in [-0.25, -0.2) is 4.98 Å². The summed E-state index contributed by atoms with van der Waals surface area (Å²) in [5.74, 6) is 1.73. The summed E-state index contributed by atoms with van der Waals surface area (Å²) in [4.78, 5) is 21.9. The highest BCUT2D eigenvalue weighted by molar-refractivity contribution is 5.98. The van der Waals surface area contributed by atoms with Crippen molar-refractivity contribution in [2.45, 2.75) is 26.4 Å². The fourth-order valence-corrected chi connectivity index (χ4v) is 3.97. The molecule has 0 unspecified atom stereocenters. The van der Waals surface area contributed by atoms with Crippen LogP contribution in [0.25, 0.3) is 11.3 Å². The van der Waals surface area contributed by atoms with Gasteiger partial charge in [0.25, 0.3) is 5.91 Å². The second-order valence-corrected chi connectivity index (χ2v) is 7.80. The van der Waals surface area contributed by atoms with Crippen molar-refractivity contribution in [3.63, 3.8) is 0 Å². The second kappa shape index (κ2) is 9.36. The summed E-state index contributed by atoms with van der Waals surface area (Å²) in [6, 6.07) is 9.36. The molecule has 2 aromatic carbocycles. The molecule has 0 fully saturated rings. The van der Waals surface area contributed by atoms with Gasteiger partial charge in [0.05, 0.1) is 50.5 Å². The maximum absolute atomic E-state index is 12.9. The van der Waals surface area contributed by atoms with Gasteiger partial charge >= 0.3 is 0 Å². The number of benzene rings is 2. The topological polar surface area (TPSA) is 91.8 Å². The third-order valence-electron chi connectivity index (χ3n) is 5.59. The number of rotatable bonds is 7. The minimum Gasteiger partial charge on any atom is -0.493 e. The highest BCUT2D eigenvalue weighted by Gasteiger charge is 2.26. The lowest BCUT2D eigenvalue weighted by Crippen LogP contribution is -2.34. The first-order chi connectivity index (χ1) is 15.9. The molecule has 4 rings (SSSR count). The van der Waals surface area contributed by atoms with Crippen LogP contribution in [0.2, 0.25) is 0 Å². The van der Waals surface area contributed by atoms with Crippen LogP contribution in [0.1, 0.15) is 27.3 Å². The summed E-state index contributed by atoms with van der Waals surface area (Å²) >= 11 is 0. The predicted molar refractivity (Wildman–Crippen MR) is 123 cm³/mol. The number of carbonyl (C=O) groups excluding carboxylic acids is 1. The minimum atomic E-state index is -0.279. The van der Waals surface area contributed by atoms with E-state index in [0.717, 1.165) is 34.0 Å². The highest BCUT2D eigenvalue weighted by Crippen LogP contribution is 2.39. The molecule has 0 saturated heterocycles. The van der Waals surface area contributed by atoms with Crippen LogP contribution < -0.4 is 24.3 Å². The van der Waals surface area contributed by atoms with E-state index in [0.29, 0.717) is 35.8 Å². The van der Waals surface area contributed by atoms with Gasteiger partial charge in [-0.1, -0.05) is 0 Å². The van der Waals surface area contributed by atoms with Crippen LogP contribution in [0.15, 0.2) is 36.5 Å². The van der Waals surface area contributed by atoms with Crippen LogP contribution >= 0.6 is 0 Å². The Kier molecular flexibility index (Phi) is 6.35. The van der Waals surface area contributed by atoms with Gasteiger partial charge in [-0.15, -0.1) is 0 Å². The van der Waals surface area contributed by atoms with Crippen molar-refractivity contribution in [3.05, 3.63) is 59.0 Å². The minimum absolute atomic E-state index is 0.171. The SMILES string of the molecule is COc1ccc(C(=O)NC[C@H]2Cc3cc(-c4nc(C)cnc4C)ccc3O2)c(OC)c1OC. The molecule has 0 aliphatic carbocycles. The monoisotopic (exact) mass is 449 g/mol. The van der Waals surface area contributed by atoms with Crippen molar-refractivity contribution in [2.24, 2.45) is 0 Å². The summed E-state index contributed by atoms with van der Waals surface area (Å²) < 4.78 is 22.1. The van der Waals surface area contributed by atoms with Gasteiger partial charge < -0.3 is 24.3 Å². The number of fused-ring (bicyclic) bond motifs is 1. The van der Waals surface area contributed by atoms with E-state index < -0.39 is 0 Å². The standard InChI is InChI=1S/C25H27N3O5/c1-14-12-26-15(2)22(28-14)16-6-8-20-17(10-16)11-18(33-20)13-27-25(29)19-7-9-21(30-3)24(32-5)23(19)31-4/h6-10,12,18H,11,13H2,1-5H3,(H,27,29)/t18-/m1/s1. The second-order valence-electron chi connectivity index (χ2n) is 7.80. The van der Waals surface area contributed by atoms with Gasteiger partial charge in [-0.05, 0) is 49.7 Å². The van der Waals surface area contributed by atoms with Crippen molar-refractivity contribution in [1.82, 2.24) is 15.3 Å². The Morgan fingerprint density at radius 1 is 1.09 bits per heavy atom. The van der Waals surface area contributed by atoms with E-state index in [4.69, 9.17) is 18.9 Å². The van der Waals surface area contributed by atoms with Crippen molar-refractivity contribution in [3.8, 4) is 34.3 Å². The summed E-state index contributed by atoms with van der Waals surface area (Å²) in [6.07, 6.45) is 2.28. The average molecular weight is 450 g/mol. The Hall–Kier alpha value is -3.81. The Balaban J connectivity index is 1.46. The molecular formula is C25H27N3O5. The number of nitrogens with one attached hydrogen (secondary N) is 1. The largest absolute Gasteiger partial charge is 0.493 e. The highest BCUT2D eigenvalue weighted by atomic mass is 16.5. The van der Waals surface area contributed by atoms with E-state index >= 15 is 0 Å². The van der Waals surface area contributed by atoms with E-state index in [1.807, 2.05) is 26.0 Å². The predicted octanol–water partition coefficient (Wildman–Crippen LogP) is 3.52. The third kappa shape index (κ3) is 4.41. The molecule has 0 saturated carbocycles. The molecule has 0 radical (unpaired) electrons. The zero-order valence-electron chi connectivity index (χ0n) is 19.4. The number of carbonyl (C=O) groups is 1. The van der Waals surface area contributed by atoms with Crippen LogP contribution in [-0.4, -0.2) is 49.9 Å². The molecule has 1 N–H and O–H groups in total. The number of methoxy groups -OCH3 is 3. The molecule has 1 atom stereocenters. The first kappa shape index (κ1) is 22.4. The van der Waals surface area contributed by atoms with Gasteiger partial charge in [0.1, 0.15) is 11.9 Å². The number of hydrogen-bond donors (Lipinski definition) is 1. The maximum atomic E-state index is 12.9. The van der Waals surface area contributed by atoms with Crippen LogP contribution in [0.3, 0.4) is 0 Å². The Bertz CT molecular complexity index is 1190. The van der Waals surface area contributed by atoms with E-state index in [-0.39, 0.29) is 12.0 Å². The van der Waals surface area contributed by atoms with Crippen molar-refractivity contribution >= 4 is 5.91 Å². The lowest BCUT2D eigenvalue weighted by molar-refractivity contribution is 0.0929. The normalized spacial score (nSPS) is 14.3. The molecule has 1 aliphatic heterocycles. The Morgan fingerprint density at radius 3 is 2.61 bits per heavy atom. The molecule has 1 aromatic heterocycles. The van der Waals surface area contributed by atoms with Gasteiger partial charge in [0.2, 0.25) is 5.75 Å². The molecule has 33 heavy (non-hydrogen) atoms. The van der Waals surface area contributed by atoms with Crippen LogP contribution in [-0.2, 0) is 6.42 Å². The zero-order valence-corrected chi connectivity index (χ0v) is 19.4. The van der Waals surface area contributed by atoms with Gasteiger partial charge in [-0.2, -0.15) is 0 Å². The smallest absolute Gasteiger partial charge is 0.255 e. The quantitative estimate of drug-likeness (QED) is 0.590. The summed E-state index contributed by atoms with van der Waals surface area (Å²) in [5, 5.41) is 2.94. The molecule has 8 heteroatoms. The third-order valence-corrected chi connectivity index (χ3v) is 5.59. The van der Waals surface area contributed by atoms with Crippen LogP contribution in [0, 0.1) is 13.8 Å². The number of aryl methyl sites for hydroxylation is 2.